The second-order valence-corrected chi connectivity index (χ2v) is 6.75. The second kappa shape index (κ2) is 5.41. The SMILES string of the molecule is CC1CN2CCCC2CN1C(=O)C[C@@H]1CCC[C@H]1N. The van der Waals surface area contributed by atoms with Crippen LogP contribution < -0.4 is 5.73 Å². The van der Waals surface area contributed by atoms with Gasteiger partial charge in [0.1, 0.15) is 0 Å². The number of carbonyl (C=O) groups is 1. The quantitative estimate of drug-likeness (QED) is 0.816. The third-order valence-electron chi connectivity index (χ3n) is 5.41. The van der Waals surface area contributed by atoms with Crippen LogP contribution in [0, 0.1) is 5.92 Å². The molecule has 1 aliphatic carbocycles. The molecule has 0 radical (unpaired) electrons. The van der Waals surface area contributed by atoms with E-state index in [9.17, 15) is 4.79 Å². The van der Waals surface area contributed by atoms with Gasteiger partial charge in [0.05, 0.1) is 0 Å². The Bertz CT molecular complexity index is 346. The number of carbonyl (C=O) groups excluding carboxylic acids is 1. The van der Waals surface area contributed by atoms with Gasteiger partial charge in [0.25, 0.3) is 0 Å². The molecule has 2 N–H and O–H groups in total. The predicted molar refractivity (Wildman–Crippen MR) is 75.7 cm³/mol. The molecule has 4 atom stereocenters. The van der Waals surface area contributed by atoms with Crippen molar-refractivity contribution in [2.75, 3.05) is 19.6 Å². The van der Waals surface area contributed by atoms with E-state index in [1.807, 2.05) is 0 Å². The van der Waals surface area contributed by atoms with Gasteiger partial charge in [-0.2, -0.15) is 0 Å². The first kappa shape index (κ1) is 13.4. The van der Waals surface area contributed by atoms with Crippen LogP contribution in [-0.2, 0) is 4.79 Å². The van der Waals surface area contributed by atoms with Gasteiger partial charge >= 0.3 is 0 Å². The van der Waals surface area contributed by atoms with Gasteiger partial charge in [0.15, 0.2) is 0 Å². The van der Waals surface area contributed by atoms with E-state index in [-0.39, 0.29) is 6.04 Å². The summed E-state index contributed by atoms with van der Waals surface area (Å²) in [7, 11) is 0. The van der Waals surface area contributed by atoms with Crippen molar-refractivity contribution in [3.05, 3.63) is 0 Å². The number of rotatable bonds is 2. The molecule has 1 saturated carbocycles. The first-order valence-corrected chi connectivity index (χ1v) is 7.94. The molecule has 0 aromatic carbocycles. The summed E-state index contributed by atoms with van der Waals surface area (Å²) in [5, 5.41) is 0. The van der Waals surface area contributed by atoms with Gasteiger partial charge in [-0.3, -0.25) is 9.69 Å². The Balaban J connectivity index is 1.59. The molecule has 2 unspecified atom stereocenters. The summed E-state index contributed by atoms with van der Waals surface area (Å²) in [6, 6.07) is 1.25. The summed E-state index contributed by atoms with van der Waals surface area (Å²) in [6.07, 6.45) is 6.68. The molecule has 3 aliphatic rings. The van der Waals surface area contributed by atoms with Crippen LogP contribution in [0.3, 0.4) is 0 Å². The van der Waals surface area contributed by atoms with Crippen molar-refractivity contribution in [2.24, 2.45) is 11.7 Å². The summed E-state index contributed by atoms with van der Waals surface area (Å²) in [5.41, 5.74) is 6.10. The average molecular weight is 265 g/mol. The lowest BCUT2D eigenvalue weighted by atomic mass is 9.98. The van der Waals surface area contributed by atoms with Gasteiger partial charge in [0, 0.05) is 37.6 Å². The van der Waals surface area contributed by atoms with Crippen molar-refractivity contribution in [3.63, 3.8) is 0 Å². The highest BCUT2D eigenvalue weighted by atomic mass is 16.2. The molecule has 0 aromatic rings. The smallest absolute Gasteiger partial charge is 0.223 e. The zero-order valence-electron chi connectivity index (χ0n) is 12.1. The van der Waals surface area contributed by atoms with Gasteiger partial charge in [-0.15, -0.1) is 0 Å². The number of nitrogens with zero attached hydrogens (tertiary/aromatic N) is 2. The highest BCUT2D eigenvalue weighted by molar-refractivity contribution is 5.77. The summed E-state index contributed by atoms with van der Waals surface area (Å²) in [5.74, 6) is 0.780. The number of hydrogen-bond acceptors (Lipinski definition) is 3. The minimum absolute atomic E-state index is 0.257. The minimum atomic E-state index is 0.257. The van der Waals surface area contributed by atoms with Crippen LogP contribution in [-0.4, -0.2) is 53.5 Å². The fourth-order valence-electron chi connectivity index (χ4n) is 4.20. The van der Waals surface area contributed by atoms with Gasteiger partial charge in [0.2, 0.25) is 5.91 Å². The molecule has 0 aromatic heterocycles. The van der Waals surface area contributed by atoms with Crippen molar-refractivity contribution >= 4 is 5.91 Å². The molecular weight excluding hydrogens is 238 g/mol. The largest absolute Gasteiger partial charge is 0.337 e. The number of piperazine rings is 1. The Morgan fingerprint density at radius 3 is 2.79 bits per heavy atom. The standard InChI is InChI=1S/C15H27N3O/c1-11-9-17-7-3-5-13(17)10-18(11)15(19)8-12-4-2-6-14(12)16/h11-14H,2-10,16H2,1H3/t11?,12-,13?,14+/m0/s1. The number of amides is 1. The maximum Gasteiger partial charge on any atom is 0.223 e. The molecule has 0 bridgehead atoms. The van der Waals surface area contributed by atoms with E-state index in [0.29, 0.717) is 30.3 Å². The van der Waals surface area contributed by atoms with E-state index in [2.05, 4.69) is 16.7 Å². The molecule has 1 amide bonds. The van der Waals surface area contributed by atoms with E-state index < -0.39 is 0 Å². The van der Waals surface area contributed by atoms with Crippen molar-refractivity contribution in [1.29, 1.82) is 0 Å². The van der Waals surface area contributed by atoms with Crippen molar-refractivity contribution in [1.82, 2.24) is 9.80 Å². The first-order valence-electron chi connectivity index (χ1n) is 7.94. The Morgan fingerprint density at radius 2 is 2.05 bits per heavy atom. The minimum Gasteiger partial charge on any atom is -0.337 e. The molecule has 19 heavy (non-hydrogen) atoms. The third-order valence-corrected chi connectivity index (χ3v) is 5.41. The number of nitrogens with two attached hydrogens (primary N) is 1. The molecule has 4 nitrogen and oxygen atoms in total. The van der Waals surface area contributed by atoms with Crippen LogP contribution in [0.5, 0.6) is 0 Å². The fourth-order valence-corrected chi connectivity index (χ4v) is 4.20. The van der Waals surface area contributed by atoms with Crippen LogP contribution >= 0.6 is 0 Å². The van der Waals surface area contributed by atoms with Crippen molar-refractivity contribution < 1.29 is 4.79 Å². The van der Waals surface area contributed by atoms with E-state index in [1.165, 1.54) is 25.8 Å². The summed E-state index contributed by atoms with van der Waals surface area (Å²) in [4.78, 5) is 17.3. The van der Waals surface area contributed by atoms with Gasteiger partial charge in [-0.25, -0.2) is 0 Å². The molecule has 3 fully saturated rings. The zero-order valence-corrected chi connectivity index (χ0v) is 12.1. The van der Waals surface area contributed by atoms with Crippen LogP contribution in [0.1, 0.15) is 45.4 Å². The lowest BCUT2D eigenvalue weighted by Crippen LogP contribution is -2.57. The zero-order chi connectivity index (χ0) is 13.4. The maximum atomic E-state index is 12.6. The fraction of sp³-hybridized carbons (Fsp3) is 0.933. The van der Waals surface area contributed by atoms with E-state index in [0.717, 1.165) is 25.9 Å². The Morgan fingerprint density at radius 1 is 1.21 bits per heavy atom. The van der Waals surface area contributed by atoms with Crippen molar-refractivity contribution in [2.45, 2.75) is 63.6 Å². The topological polar surface area (TPSA) is 49.6 Å². The molecule has 108 valence electrons. The van der Waals surface area contributed by atoms with Gasteiger partial charge < -0.3 is 10.6 Å². The molecule has 2 aliphatic heterocycles. The summed E-state index contributed by atoms with van der Waals surface area (Å²) in [6.45, 7) is 5.43. The Hall–Kier alpha value is -0.610. The van der Waals surface area contributed by atoms with Crippen molar-refractivity contribution in [3.8, 4) is 0 Å². The number of fused-ring (bicyclic) bond motifs is 1. The van der Waals surface area contributed by atoms with Crippen LogP contribution in [0.2, 0.25) is 0 Å². The Kier molecular flexibility index (Phi) is 3.81. The first-order chi connectivity index (χ1) is 9.15. The second-order valence-electron chi connectivity index (χ2n) is 6.75. The highest BCUT2D eigenvalue weighted by Crippen LogP contribution is 2.30. The van der Waals surface area contributed by atoms with Crippen LogP contribution in [0.25, 0.3) is 0 Å². The van der Waals surface area contributed by atoms with Gasteiger partial charge in [-0.1, -0.05) is 6.42 Å². The molecule has 2 saturated heterocycles. The van der Waals surface area contributed by atoms with E-state index >= 15 is 0 Å². The lowest BCUT2D eigenvalue weighted by molar-refractivity contribution is -0.137. The summed E-state index contributed by atoms with van der Waals surface area (Å²) >= 11 is 0. The normalized spacial score (nSPS) is 39.6. The molecule has 4 heteroatoms. The molecule has 2 heterocycles. The average Bonchev–Trinajstić information content (AvgIpc) is 2.97. The monoisotopic (exact) mass is 265 g/mol. The molecule has 3 rings (SSSR count). The molecule has 0 spiro atoms. The predicted octanol–water partition coefficient (Wildman–Crippen LogP) is 1.20. The highest BCUT2D eigenvalue weighted by Gasteiger charge is 2.37. The third kappa shape index (κ3) is 2.65. The lowest BCUT2D eigenvalue weighted by Gasteiger charge is -2.42. The maximum absolute atomic E-state index is 12.6. The van der Waals surface area contributed by atoms with Crippen LogP contribution in [0.4, 0.5) is 0 Å². The van der Waals surface area contributed by atoms with E-state index in [1.54, 1.807) is 0 Å². The van der Waals surface area contributed by atoms with Gasteiger partial charge in [-0.05, 0) is 45.1 Å². The van der Waals surface area contributed by atoms with Crippen LogP contribution in [0.15, 0.2) is 0 Å². The summed E-state index contributed by atoms with van der Waals surface area (Å²) < 4.78 is 0. The number of hydrogen-bond donors (Lipinski definition) is 1. The molecular formula is C15H27N3O. The van der Waals surface area contributed by atoms with E-state index in [4.69, 9.17) is 5.73 Å². The Labute approximate surface area is 116 Å².